The van der Waals surface area contributed by atoms with Crippen molar-refractivity contribution in [2.45, 2.75) is 27.0 Å². The molecule has 2 rings (SSSR count). The Morgan fingerprint density at radius 3 is 2.56 bits per heavy atom. The van der Waals surface area contributed by atoms with Gasteiger partial charge in [0.15, 0.2) is 0 Å². The number of rotatable bonds is 7. The van der Waals surface area contributed by atoms with Gasteiger partial charge in [-0.25, -0.2) is 0 Å². The summed E-state index contributed by atoms with van der Waals surface area (Å²) in [5.74, 6) is 0.613. The summed E-state index contributed by atoms with van der Waals surface area (Å²) in [7, 11) is 3.05. The van der Waals surface area contributed by atoms with Crippen molar-refractivity contribution in [2.75, 3.05) is 14.2 Å². The molecule has 9 heteroatoms. The Morgan fingerprint density at radius 2 is 2.00 bits per heavy atom. The molecule has 0 radical (unpaired) electrons. The van der Waals surface area contributed by atoms with Gasteiger partial charge in [0.1, 0.15) is 36.0 Å². The largest absolute Gasteiger partial charge is 0.497 e. The second kappa shape index (κ2) is 7.65. The second-order valence-corrected chi connectivity index (χ2v) is 5.27. The van der Waals surface area contributed by atoms with Crippen LogP contribution in [0.1, 0.15) is 17.0 Å². The maximum absolute atomic E-state index is 12.1. The molecule has 1 aromatic carbocycles. The lowest BCUT2D eigenvalue weighted by Gasteiger charge is -2.11. The van der Waals surface area contributed by atoms with Crippen LogP contribution in [0.15, 0.2) is 18.2 Å². The first-order valence-electron chi connectivity index (χ1n) is 7.42. The van der Waals surface area contributed by atoms with E-state index in [4.69, 9.17) is 14.2 Å². The van der Waals surface area contributed by atoms with Crippen molar-refractivity contribution < 1.29 is 23.9 Å². The predicted octanol–water partition coefficient (Wildman–Crippen LogP) is 2.17. The average molecular weight is 349 g/mol. The van der Waals surface area contributed by atoms with Crippen LogP contribution in [0.2, 0.25) is 0 Å². The van der Waals surface area contributed by atoms with Crippen LogP contribution in [0.4, 0.5) is 5.69 Å². The zero-order valence-corrected chi connectivity index (χ0v) is 14.4. The van der Waals surface area contributed by atoms with Crippen LogP contribution < -0.4 is 9.47 Å². The minimum absolute atomic E-state index is 0.0133. The Bertz CT molecular complexity index is 799. The third-order valence-corrected chi connectivity index (χ3v) is 3.68. The van der Waals surface area contributed by atoms with Gasteiger partial charge in [0, 0.05) is 5.56 Å². The molecule has 25 heavy (non-hydrogen) atoms. The number of aromatic nitrogens is 2. The summed E-state index contributed by atoms with van der Waals surface area (Å²) < 4.78 is 16.9. The normalized spacial score (nSPS) is 10.4. The van der Waals surface area contributed by atoms with Crippen molar-refractivity contribution in [1.82, 2.24) is 9.78 Å². The highest BCUT2D eigenvalue weighted by Crippen LogP contribution is 2.25. The summed E-state index contributed by atoms with van der Waals surface area (Å²) in [4.78, 5) is 22.5. The standard InChI is InChI=1S/C16H19N3O6/c1-10-16(19(21)22)11(2)18(17-10)8-15(20)25-9-12-7-13(23-3)5-6-14(12)24-4/h5-7H,8-9H2,1-4H3. The van der Waals surface area contributed by atoms with Gasteiger partial charge in [0.2, 0.25) is 0 Å². The van der Waals surface area contributed by atoms with E-state index >= 15 is 0 Å². The number of benzene rings is 1. The maximum Gasteiger partial charge on any atom is 0.328 e. The number of methoxy groups -OCH3 is 2. The fourth-order valence-electron chi connectivity index (χ4n) is 2.43. The highest BCUT2D eigenvalue weighted by molar-refractivity contribution is 5.69. The van der Waals surface area contributed by atoms with Crippen LogP contribution in [0.3, 0.4) is 0 Å². The van der Waals surface area contributed by atoms with E-state index in [0.717, 1.165) is 0 Å². The molecule has 0 spiro atoms. The number of carbonyl (C=O) groups is 1. The molecule has 0 fully saturated rings. The van der Waals surface area contributed by atoms with Gasteiger partial charge < -0.3 is 14.2 Å². The monoisotopic (exact) mass is 349 g/mol. The van der Waals surface area contributed by atoms with E-state index in [1.165, 1.54) is 32.7 Å². The molecular weight excluding hydrogens is 330 g/mol. The lowest BCUT2D eigenvalue weighted by molar-refractivity contribution is -0.386. The summed E-state index contributed by atoms with van der Waals surface area (Å²) >= 11 is 0. The fourth-order valence-corrected chi connectivity index (χ4v) is 2.43. The van der Waals surface area contributed by atoms with Crippen LogP contribution in [-0.4, -0.2) is 34.9 Å². The summed E-state index contributed by atoms with van der Waals surface area (Å²) in [6, 6.07) is 5.16. The van der Waals surface area contributed by atoms with Gasteiger partial charge >= 0.3 is 11.7 Å². The highest BCUT2D eigenvalue weighted by atomic mass is 16.6. The Balaban J connectivity index is 2.07. The van der Waals surface area contributed by atoms with E-state index in [-0.39, 0.29) is 24.5 Å². The summed E-state index contributed by atoms with van der Waals surface area (Å²) in [6.07, 6.45) is 0. The van der Waals surface area contributed by atoms with Crippen LogP contribution in [-0.2, 0) is 22.7 Å². The lowest BCUT2D eigenvalue weighted by Crippen LogP contribution is -2.16. The SMILES string of the molecule is COc1ccc(OC)c(COC(=O)Cn2nc(C)c([N+](=O)[O-])c2C)c1. The number of ether oxygens (including phenoxy) is 3. The first-order chi connectivity index (χ1) is 11.9. The Hall–Kier alpha value is -3.10. The summed E-state index contributed by atoms with van der Waals surface area (Å²) in [6.45, 7) is 2.83. The third-order valence-electron chi connectivity index (χ3n) is 3.68. The van der Waals surface area contributed by atoms with Gasteiger partial charge in [-0.05, 0) is 32.0 Å². The zero-order chi connectivity index (χ0) is 18.6. The first kappa shape index (κ1) is 18.2. The maximum atomic E-state index is 12.1. The quantitative estimate of drug-likeness (QED) is 0.428. The Labute approximate surface area is 144 Å². The molecule has 2 aromatic rings. The van der Waals surface area contributed by atoms with E-state index in [2.05, 4.69) is 5.10 Å². The number of carbonyl (C=O) groups excluding carboxylic acids is 1. The number of nitro groups is 1. The molecule has 0 saturated heterocycles. The van der Waals surface area contributed by atoms with E-state index in [1.54, 1.807) is 18.2 Å². The van der Waals surface area contributed by atoms with Gasteiger partial charge in [-0.1, -0.05) is 0 Å². The summed E-state index contributed by atoms with van der Waals surface area (Å²) in [5.41, 5.74) is 1.11. The van der Waals surface area contributed by atoms with Crippen molar-refractivity contribution in [3.05, 3.63) is 45.3 Å². The Kier molecular flexibility index (Phi) is 5.58. The van der Waals surface area contributed by atoms with Gasteiger partial charge in [0.25, 0.3) is 0 Å². The van der Waals surface area contributed by atoms with Gasteiger partial charge in [-0.2, -0.15) is 5.10 Å². The molecule has 1 aromatic heterocycles. The molecule has 0 unspecified atom stereocenters. The highest BCUT2D eigenvalue weighted by Gasteiger charge is 2.23. The summed E-state index contributed by atoms with van der Waals surface area (Å²) in [5, 5.41) is 15.0. The number of hydrogen-bond donors (Lipinski definition) is 0. The third kappa shape index (κ3) is 4.06. The number of hydrogen-bond acceptors (Lipinski definition) is 7. The molecular formula is C16H19N3O6. The second-order valence-electron chi connectivity index (χ2n) is 5.27. The fraction of sp³-hybridized carbons (Fsp3) is 0.375. The molecule has 0 aliphatic carbocycles. The van der Waals surface area contributed by atoms with E-state index in [0.29, 0.717) is 22.8 Å². The molecule has 0 saturated carbocycles. The van der Waals surface area contributed by atoms with Crippen molar-refractivity contribution in [3.63, 3.8) is 0 Å². The molecule has 0 aliphatic rings. The van der Waals surface area contributed by atoms with E-state index in [1.807, 2.05) is 0 Å². The van der Waals surface area contributed by atoms with Crippen LogP contribution in [0, 0.1) is 24.0 Å². The average Bonchev–Trinajstić information content (AvgIpc) is 2.86. The van der Waals surface area contributed by atoms with Crippen molar-refractivity contribution in [2.24, 2.45) is 0 Å². The molecule has 0 aliphatic heterocycles. The number of nitrogens with zero attached hydrogens (tertiary/aromatic N) is 3. The first-order valence-corrected chi connectivity index (χ1v) is 7.42. The van der Waals surface area contributed by atoms with Gasteiger partial charge in [0.05, 0.1) is 19.1 Å². The van der Waals surface area contributed by atoms with Crippen molar-refractivity contribution in [1.29, 1.82) is 0 Å². The molecule has 9 nitrogen and oxygen atoms in total. The molecule has 0 bridgehead atoms. The number of esters is 1. The Morgan fingerprint density at radius 1 is 1.28 bits per heavy atom. The van der Waals surface area contributed by atoms with E-state index < -0.39 is 10.9 Å². The lowest BCUT2D eigenvalue weighted by atomic mass is 10.2. The molecule has 1 heterocycles. The van der Waals surface area contributed by atoms with Crippen LogP contribution >= 0.6 is 0 Å². The van der Waals surface area contributed by atoms with Crippen molar-refractivity contribution >= 4 is 11.7 Å². The predicted molar refractivity (Wildman–Crippen MR) is 87.7 cm³/mol. The topological polar surface area (TPSA) is 106 Å². The van der Waals surface area contributed by atoms with Gasteiger partial charge in [-0.15, -0.1) is 0 Å². The molecule has 0 N–H and O–H groups in total. The molecule has 0 amide bonds. The molecule has 134 valence electrons. The minimum atomic E-state index is -0.564. The van der Waals surface area contributed by atoms with Crippen LogP contribution in [0.5, 0.6) is 11.5 Å². The van der Waals surface area contributed by atoms with Crippen molar-refractivity contribution in [3.8, 4) is 11.5 Å². The number of aryl methyl sites for hydroxylation is 1. The zero-order valence-electron chi connectivity index (χ0n) is 14.4. The minimum Gasteiger partial charge on any atom is -0.497 e. The molecule has 0 atom stereocenters. The van der Waals surface area contributed by atoms with Gasteiger partial charge in [-0.3, -0.25) is 19.6 Å². The van der Waals surface area contributed by atoms with E-state index in [9.17, 15) is 14.9 Å². The van der Waals surface area contributed by atoms with Crippen LogP contribution in [0.25, 0.3) is 0 Å². The smallest absolute Gasteiger partial charge is 0.328 e.